The largest absolute Gasteiger partial charge is 3.00 e. The van der Waals surface area contributed by atoms with Crippen molar-refractivity contribution < 1.29 is 80.6 Å². The van der Waals surface area contributed by atoms with Gasteiger partial charge in [-0.05, 0) is 84.7 Å². The molecular formula is C60H62F6MnN8O4+5. The molecule has 0 aliphatic carbocycles. The number of ether oxygens (including phenoxy) is 4. The monoisotopic (exact) mass is 1130 g/mol. The molecule has 0 atom stereocenters. The molecule has 2 aliphatic rings. The molecule has 8 bridgehead atoms. The maximum absolute atomic E-state index is 12.9. The van der Waals surface area contributed by atoms with Gasteiger partial charge < -0.3 is 28.9 Å². The van der Waals surface area contributed by atoms with Crippen LogP contribution in [-0.4, -0.2) is 75.2 Å². The number of hydrogen-bond donors (Lipinski definition) is 0. The van der Waals surface area contributed by atoms with Crippen LogP contribution in [0, 0.1) is 0 Å². The van der Waals surface area contributed by atoms with Gasteiger partial charge in [0.15, 0.2) is 75.8 Å². The molecule has 9 heterocycles. The number of alkyl halides is 6. The third kappa shape index (κ3) is 15.7. The molecule has 0 unspecified atom stereocenters. The number of pyridine rings is 4. The summed E-state index contributed by atoms with van der Waals surface area (Å²) in [5.74, 6) is 0. The van der Waals surface area contributed by atoms with Crippen molar-refractivity contribution in [1.29, 1.82) is 0 Å². The van der Waals surface area contributed by atoms with Crippen LogP contribution >= 0.6 is 0 Å². The van der Waals surface area contributed by atoms with Crippen LogP contribution in [0.2, 0.25) is 0 Å². The SMILES string of the molecule is CCOCCC[n+]1cccc(-c2c3nc(c(-c4ccc[n+](CCCOCC)c4)c4ccc([n-]4)c(-c4ccc[n+](CCCOCC(F)(F)F)c4)c4nc(c(-c5ccc[n+](CCCOCC(F)(F)F)c5)c5ccc2[n-]5)C=C4)C=C3)c1.[Mn+3]. The van der Waals surface area contributed by atoms with E-state index in [2.05, 4.69) is 33.7 Å². The Morgan fingerprint density at radius 2 is 0.671 bits per heavy atom. The summed E-state index contributed by atoms with van der Waals surface area (Å²) in [6.45, 7) is 6.00. The van der Waals surface area contributed by atoms with Crippen LogP contribution in [0.15, 0.2) is 122 Å². The van der Waals surface area contributed by atoms with E-state index in [9.17, 15) is 26.3 Å². The fourth-order valence-corrected chi connectivity index (χ4v) is 9.57. The van der Waals surface area contributed by atoms with Crippen LogP contribution in [0.1, 0.15) is 62.3 Å². The van der Waals surface area contributed by atoms with E-state index in [4.69, 9.17) is 38.9 Å². The number of rotatable bonds is 24. The van der Waals surface area contributed by atoms with E-state index in [1.54, 1.807) is 0 Å². The van der Waals surface area contributed by atoms with Crippen molar-refractivity contribution in [1.82, 2.24) is 19.9 Å². The summed E-state index contributed by atoms with van der Waals surface area (Å²) in [7, 11) is 0. The fraction of sp³-hybridized carbons (Fsp3) is 0.333. The van der Waals surface area contributed by atoms with Crippen LogP contribution in [0.5, 0.6) is 0 Å². The molecule has 0 amide bonds. The Labute approximate surface area is 465 Å². The molecule has 0 aromatic carbocycles. The molecular weight excluding hydrogens is 1070 g/mol. The second-order valence-electron chi connectivity index (χ2n) is 18.8. The van der Waals surface area contributed by atoms with Gasteiger partial charge in [-0.3, -0.25) is 0 Å². The number of nitrogens with zero attached hydrogens (tertiary/aromatic N) is 8. The molecule has 12 nitrogen and oxygen atoms in total. The van der Waals surface area contributed by atoms with Gasteiger partial charge in [0.05, 0.1) is 49.2 Å². The van der Waals surface area contributed by atoms with Crippen LogP contribution in [0.25, 0.3) is 90.9 Å². The summed E-state index contributed by atoms with van der Waals surface area (Å²) < 4.78 is 107. The van der Waals surface area contributed by atoms with Crippen LogP contribution in [0.3, 0.4) is 0 Å². The van der Waals surface area contributed by atoms with Crippen molar-refractivity contribution >= 4 is 46.4 Å². The first kappa shape index (κ1) is 58.3. The average Bonchev–Trinajstić information content (AvgIpc) is 4.46. The van der Waals surface area contributed by atoms with E-state index in [0.717, 1.165) is 59.3 Å². The summed E-state index contributed by atoms with van der Waals surface area (Å²) in [5, 5.41) is 0. The van der Waals surface area contributed by atoms with Crippen molar-refractivity contribution in [3.05, 3.63) is 145 Å². The maximum atomic E-state index is 12.9. The Bertz CT molecular complexity index is 3210. The first-order valence-corrected chi connectivity index (χ1v) is 26.3. The molecule has 9 rings (SSSR count). The van der Waals surface area contributed by atoms with Gasteiger partial charge in [0.1, 0.15) is 13.2 Å². The Morgan fingerprint density at radius 3 is 0.924 bits per heavy atom. The van der Waals surface area contributed by atoms with Crippen molar-refractivity contribution in [2.45, 2.75) is 78.1 Å². The molecule has 0 saturated carbocycles. The minimum absolute atomic E-state index is 0. The predicted octanol–water partition coefficient (Wildman–Crippen LogP) is 10.5. The molecule has 0 fully saturated rings. The fourth-order valence-electron chi connectivity index (χ4n) is 9.57. The topological polar surface area (TPSA) is 106 Å². The molecule has 2 aliphatic heterocycles. The molecule has 410 valence electrons. The maximum Gasteiger partial charge on any atom is 3.00 e. The van der Waals surface area contributed by atoms with E-state index in [1.807, 2.05) is 145 Å². The molecule has 0 spiro atoms. The van der Waals surface area contributed by atoms with Gasteiger partial charge in [-0.25, -0.2) is 28.2 Å². The Balaban J connectivity index is 0.00000822. The summed E-state index contributed by atoms with van der Waals surface area (Å²) >= 11 is 0. The van der Waals surface area contributed by atoms with E-state index in [-0.39, 0.29) is 30.3 Å². The first-order valence-electron chi connectivity index (χ1n) is 26.3. The Hall–Kier alpha value is -6.86. The molecule has 79 heavy (non-hydrogen) atoms. The van der Waals surface area contributed by atoms with Gasteiger partial charge in [-0.15, -0.1) is 22.1 Å². The zero-order chi connectivity index (χ0) is 54.5. The number of fused-ring (bicyclic) bond motifs is 8. The van der Waals surface area contributed by atoms with Crippen LogP contribution < -0.4 is 28.2 Å². The van der Waals surface area contributed by atoms with Gasteiger partial charge in [-0.1, -0.05) is 24.3 Å². The smallest absolute Gasteiger partial charge is 0.657 e. The van der Waals surface area contributed by atoms with Crippen LogP contribution in [-0.2, 0) is 62.2 Å². The van der Waals surface area contributed by atoms with Gasteiger partial charge in [-0.2, -0.15) is 26.3 Å². The summed E-state index contributed by atoms with van der Waals surface area (Å²) in [6, 6.07) is 23.8. The zero-order valence-corrected chi connectivity index (χ0v) is 45.2. The minimum Gasteiger partial charge on any atom is -0.657 e. The van der Waals surface area contributed by atoms with Crippen LogP contribution in [0.4, 0.5) is 26.3 Å². The second kappa shape index (κ2) is 27.3. The van der Waals surface area contributed by atoms with E-state index in [1.165, 1.54) is 0 Å². The minimum atomic E-state index is -4.41. The Morgan fingerprint density at radius 1 is 0.405 bits per heavy atom. The van der Waals surface area contributed by atoms with E-state index in [0.29, 0.717) is 108 Å². The average molecular weight is 1130 g/mol. The van der Waals surface area contributed by atoms with E-state index >= 15 is 0 Å². The summed E-state index contributed by atoms with van der Waals surface area (Å²) in [6.07, 6.45) is 17.3. The van der Waals surface area contributed by atoms with Crippen molar-refractivity contribution in [2.24, 2.45) is 0 Å². The molecule has 0 saturated heterocycles. The number of aromatic nitrogens is 8. The third-order valence-electron chi connectivity index (χ3n) is 13.0. The number of aryl methyl sites for hydroxylation is 4. The van der Waals surface area contributed by atoms with Gasteiger partial charge in [0.2, 0.25) is 0 Å². The normalized spacial score (nSPS) is 12.4. The van der Waals surface area contributed by atoms with Crippen molar-refractivity contribution in [3.63, 3.8) is 0 Å². The number of halogens is 6. The molecule has 19 heteroatoms. The molecule has 0 N–H and O–H groups in total. The standard InChI is InChI=1S/C60H62F6N8O4.Mn/c1-3-75-33-9-29-71-25-5-13-43(37-71)55-47-17-18-48(67-47)56(44-14-6-26-72(38-44)30-10-34-76-4-2)50-20-22-52(69-50)58(46-16-8-28-74(40-46)32-12-36-78-42-60(64,65)66)54-24-23-53(70-54)57(51-21-19-49(55)68-51)45-15-7-27-73(39-45)31-11-35-77-41-59(61,62)63;/h5-8,13-28,37-40H,3-4,9-12,29-36,41-42H2,1-2H3;/q+2;+3. The quantitative estimate of drug-likeness (QED) is 0.0255. The van der Waals surface area contributed by atoms with E-state index < -0.39 is 25.6 Å². The zero-order valence-electron chi connectivity index (χ0n) is 44.0. The van der Waals surface area contributed by atoms with Gasteiger partial charge in [0.25, 0.3) is 0 Å². The molecule has 0 radical (unpaired) electrons. The Kier molecular flexibility index (Phi) is 20.2. The van der Waals surface area contributed by atoms with Crippen molar-refractivity contribution in [2.75, 3.05) is 52.9 Å². The molecule has 7 aromatic heterocycles. The third-order valence-corrected chi connectivity index (χ3v) is 13.0. The predicted molar refractivity (Wildman–Crippen MR) is 285 cm³/mol. The number of hydrogen-bond acceptors (Lipinski definition) is 6. The first-order chi connectivity index (χ1) is 37.8. The van der Waals surface area contributed by atoms with Gasteiger partial charge in [0, 0.05) is 85.4 Å². The van der Waals surface area contributed by atoms with Gasteiger partial charge >= 0.3 is 29.4 Å². The summed E-state index contributed by atoms with van der Waals surface area (Å²) in [5.41, 5.74) is 11.6. The second-order valence-corrected chi connectivity index (χ2v) is 18.8. The summed E-state index contributed by atoms with van der Waals surface area (Å²) in [4.78, 5) is 21.7. The van der Waals surface area contributed by atoms with Crippen molar-refractivity contribution in [3.8, 4) is 44.5 Å². The molecule has 7 aromatic rings.